The second-order valence-corrected chi connectivity index (χ2v) is 16.8. The molecule has 2 fully saturated rings. The largest absolute Gasteiger partial charge is 0.457 e. The van der Waals surface area contributed by atoms with Gasteiger partial charge in [-0.25, -0.2) is 9.59 Å². The van der Waals surface area contributed by atoms with Gasteiger partial charge in [0.2, 0.25) is 5.12 Å². The molecule has 0 saturated carbocycles. The van der Waals surface area contributed by atoms with Gasteiger partial charge in [-0.15, -0.1) is 0 Å². The molecule has 0 spiro atoms. The lowest BCUT2D eigenvalue weighted by molar-refractivity contribution is -0.300. The molecule has 2 heterocycles. The van der Waals surface area contributed by atoms with Gasteiger partial charge in [-0.05, 0) is 68.0 Å². The molecule has 330 valence electrons. The molecule has 62 heavy (non-hydrogen) atoms. The highest BCUT2D eigenvalue weighted by atomic mass is 32.2. The first-order chi connectivity index (χ1) is 30.2. The molecule has 2 saturated heterocycles. The van der Waals surface area contributed by atoms with Crippen LogP contribution >= 0.6 is 11.8 Å². The normalized spacial score (nSPS) is 25.7. The zero-order chi connectivity index (χ0) is 43.6. The van der Waals surface area contributed by atoms with E-state index in [4.69, 9.17) is 33.3 Å². The first-order valence-electron chi connectivity index (χ1n) is 21.3. The van der Waals surface area contributed by atoms with Crippen molar-refractivity contribution in [1.82, 2.24) is 10.4 Å². The number of hydrogen-bond acceptors (Lipinski definition) is 13. The Morgan fingerprint density at radius 2 is 1.45 bits per heavy atom. The number of carbonyl (C=O) groups excluding carboxylic acids is 3. The van der Waals surface area contributed by atoms with E-state index in [-0.39, 0.29) is 36.8 Å². The van der Waals surface area contributed by atoms with E-state index in [9.17, 15) is 19.5 Å². The number of methoxy groups -OCH3 is 1. The van der Waals surface area contributed by atoms with E-state index < -0.39 is 60.4 Å². The molecule has 0 aromatic heterocycles. The van der Waals surface area contributed by atoms with E-state index >= 15 is 0 Å². The maximum Gasteiger partial charge on any atom is 0.409 e. The summed E-state index contributed by atoms with van der Waals surface area (Å²) in [6, 6.07) is 33.3. The Hall–Kier alpha value is -4.64. The van der Waals surface area contributed by atoms with Crippen molar-refractivity contribution in [3.8, 4) is 11.1 Å². The van der Waals surface area contributed by atoms with Crippen LogP contribution < -0.4 is 5.48 Å². The fourth-order valence-electron chi connectivity index (χ4n) is 8.30. The molecule has 4 aromatic carbocycles. The second-order valence-electron chi connectivity index (χ2n) is 15.7. The first kappa shape index (κ1) is 45.4. The third-order valence-corrected chi connectivity index (χ3v) is 13.1. The van der Waals surface area contributed by atoms with Gasteiger partial charge in [-0.1, -0.05) is 109 Å². The number of carbonyl (C=O) groups is 3. The van der Waals surface area contributed by atoms with Crippen molar-refractivity contribution in [3.63, 3.8) is 0 Å². The first-order valence-corrected chi connectivity index (χ1v) is 22.2. The summed E-state index contributed by atoms with van der Waals surface area (Å²) >= 11 is 1.06. The fraction of sp³-hybridized carbons (Fsp3) is 0.438. The summed E-state index contributed by atoms with van der Waals surface area (Å²) in [7, 11) is 1.49. The molecule has 1 amide bonds. The minimum absolute atomic E-state index is 0.0170. The van der Waals surface area contributed by atoms with Crippen molar-refractivity contribution in [2.45, 2.75) is 100 Å². The van der Waals surface area contributed by atoms with E-state index in [1.807, 2.05) is 43.3 Å². The van der Waals surface area contributed by atoms with Gasteiger partial charge in [0, 0.05) is 44.7 Å². The summed E-state index contributed by atoms with van der Waals surface area (Å²) in [5.74, 6) is -0.541. The highest BCUT2D eigenvalue weighted by Gasteiger charge is 2.47. The highest BCUT2D eigenvalue weighted by molar-refractivity contribution is 8.14. The van der Waals surface area contributed by atoms with E-state index in [1.165, 1.54) is 18.2 Å². The van der Waals surface area contributed by atoms with E-state index in [0.717, 1.165) is 22.9 Å². The van der Waals surface area contributed by atoms with E-state index in [1.54, 1.807) is 67.3 Å². The molecular formula is C48H56N2O11S. The number of fused-ring (bicyclic) bond motifs is 3. The van der Waals surface area contributed by atoms with Crippen molar-refractivity contribution in [2.24, 2.45) is 0 Å². The Labute approximate surface area is 367 Å². The molecule has 2 aliphatic heterocycles. The van der Waals surface area contributed by atoms with Crippen molar-refractivity contribution >= 4 is 28.9 Å². The monoisotopic (exact) mass is 868 g/mol. The van der Waals surface area contributed by atoms with Crippen LogP contribution in [0.1, 0.15) is 77.8 Å². The summed E-state index contributed by atoms with van der Waals surface area (Å²) in [5.41, 5.74) is 8.54. The van der Waals surface area contributed by atoms with Gasteiger partial charge < -0.3 is 38.4 Å². The Morgan fingerprint density at radius 1 is 0.823 bits per heavy atom. The third kappa shape index (κ3) is 10.7. The Bertz CT molecular complexity index is 2050. The van der Waals surface area contributed by atoms with Gasteiger partial charge in [0.05, 0.1) is 29.1 Å². The minimum Gasteiger partial charge on any atom is -0.457 e. The molecular weight excluding hydrogens is 813 g/mol. The molecule has 0 unspecified atom stereocenters. The number of thioether (sulfide) groups is 1. The zero-order valence-electron chi connectivity index (χ0n) is 35.5. The molecule has 0 radical (unpaired) electrons. The van der Waals surface area contributed by atoms with Crippen LogP contribution in [0.4, 0.5) is 4.79 Å². The predicted molar refractivity (Wildman–Crippen MR) is 233 cm³/mol. The molecule has 9 atom stereocenters. The van der Waals surface area contributed by atoms with Crippen LogP contribution in [0.3, 0.4) is 0 Å². The van der Waals surface area contributed by atoms with E-state index in [0.29, 0.717) is 37.1 Å². The molecule has 4 aromatic rings. The van der Waals surface area contributed by atoms with Gasteiger partial charge in [-0.2, -0.15) is 5.48 Å². The number of aliphatic hydroxyl groups excluding tert-OH is 1. The quantitative estimate of drug-likeness (QED) is 0.0618. The molecule has 1 aliphatic carbocycles. The number of rotatable bonds is 17. The number of unbranched alkanes of at least 4 members (excludes halogenated alkanes) is 1. The highest BCUT2D eigenvalue weighted by Crippen LogP contribution is 2.44. The summed E-state index contributed by atoms with van der Waals surface area (Å²) in [5, 5.41) is 10.9. The van der Waals surface area contributed by atoms with Crippen LogP contribution in [0.5, 0.6) is 0 Å². The molecule has 3 aliphatic rings. The Kier molecular flexibility index (Phi) is 15.8. The second kappa shape index (κ2) is 21.6. The molecule has 14 heteroatoms. The molecule has 13 nitrogen and oxygen atoms in total. The van der Waals surface area contributed by atoms with E-state index in [2.05, 4.69) is 29.7 Å². The van der Waals surface area contributed by atoms with Crippen molar-refractivity contribution in [3.05, 3.63) is 131 Å². The van der Waals surface area contributed by atoms with Crippen LogP contribution in [0.25, 0.3) is 11.1 Å². The number of nitrogens with zero attached hydrogens (tertiary/aromatic N) is 1. The van der Waals surface area contributed by atoms with Crippen molar-refractivity contribution in [2.75, 3.05) is 33.4 Å². The summed E-state index contributed by atoms with van der Waals surface area (Å²) in [4.78, 5) is 47.5. The smallest absolute Gasteiger partial charge is 0.409 e. The zero-order valence-corrected chi connectivity index (χ0v) is 36.3. The maximum absolute atomic E-state index is 13.3. The van der Waals surface area contributed by atoms with Gasteiger partial charge in [0.15, 0.2) is 12.6 Å². The standard InChI is InChI=1S/C48H56N2O11S/c1-5-50(48(54)57-29-38-36-24-14-12-22-34(36)35-23-13-15-25-37(35)38)26-16-17-27-56-43-42(51)41(30(2)59-47(43)55-4)49-61-40-28-39(60-45(52)32-18-8-6-9-19-32)44(31(3)58-40)62-46(53)33-20-10-7-11-21-33/h6-15,18-25,30-31,38-44,47,49,51H,5,16-17,26-29H2,1-4H3/t30-,31-,39+,40+,41-,42+,43-,44-,47+/m1/s1. The SMILES string of the molecule is CCN(CCCCO[C@H]1[C@@H](OC)O[C@H](C)[C@@H](NO[C@H]2C[C@H](OC(=O)c3ccccc3)[C@H](SC(=O)c3ccccc3)[C@@H](C)O2)[C@@H]1O)C(=O)OCC1c2ccccc2-c2ccccc21. The van der Waals surface area contributed by atoms with Gasteiger partial charge in [0.1, 0.15) is 24.9 Å². The average Bonchev–Trinajstić information content (AvgIpc) is 3.62. The number of amides is 1. The number of ether oxygens (including phenoxy) is 6. The van der Waals surface area contributed by atoms with Crippen LogP contribution in [-0.4, -0.2) is 115 Å². The number of aliphatic hydroxyl groups is 1. The number of benzene rings is 4. The Balaban J connectivity index is 0.900. The maximum atomic E-state index is 13.3. The average molecular weight is 869 g/mol. The van der Waals surface area contributed by atoms with Crippen LogP contribution in [0.15, 0.2) is 109 Å². The minimum atomic E-state index is -1.11. The lowest BCUT2D eigenvalue weighted by Gasteiger charge is -2.44. The van der Waals surface area contributed by atoms with Crippen molar-refractivity contribution < 1.29 is 52.7 Å². The lowest BCUT2D eigenvalue weighted by Crippen LogP contribution is -2.63. The fourth-order valence-corrected chi connectivity index (χ4v) is 9.39. The van der Waals surface area contributed by atoms with Gasteiger partial charge >= 0.3 is 12.1 Å². The molecule has 7 rings (SSSR count). The summed E-state index contributed by atoms with van der Waals surface area (Å²) in [6.07, 6.45) is -4.61. The summed E-state index contributed by atoms with van der Waals surface area (Å²) in [6.45, 7) is 7.01. The Morgan fingerprint density at radius 3 is 2.10 bits per heavy atom. The lowest BCUT2D eigenvalue weighted by atomic mass is 9.97. The number of esters is 1. The third-order valence-electron chi connectivity index (χ3n) is 11.6. The van der Waals surface area contributed by atoms with Crippen LogP contribution in [0, 0.1) is 0 Å². The van der Waals surface area contributed by atoms with Crippen molar-refractivity contribution in [1.29, 1.82) is 0 Å². The molecule has 2 N–H and O–H groups in total. The number of nitrogens with one attached hydrogen (secondary N) is 1. The molecule has 0 bridgehead atoms. The summed E-state index contributed by atoms with van der Waals surface area (Å²) < 4.78 is 36.0. The van der Waals surface area contributed by atoms with Gasteiger partial charge in [0.25, 0.3) is 0 Å². The number of hydrogen-bond donors (Lipinski definition) is 2. The van der Waals surface area contributed by atoms with Crippen LogP contribution in [0.2, 0.25) is 0 Å². The predicted octanol–water partition coefficient (Wildman–Crippen LogP) is 7.37. The van der Waals surface area contributed by atoms with Gasteiger partial charge in [-0.3, -0.25) is 9.63 Å². The van der Waals surface area contributed by atoms with Crippen LogP contribution in [-0.2, 0) is 33.3 Å². The number of hydroxylamine groups is 1. The topological polar surface area (TPSA) is 151 Å².